The lowest BCUT2D eigenvalue weighted by atomic mass is 10.00. The normalized spacial score (nSPS) is 18.6. The topological polar surface area (TPSA) is 79.7 Å². The number of hydrazine groups is 1. The molecule has 0 bridgehead atoms. The summed E-state index contributed by atoms with van der Waals surface area (Å²) < 4.78 is 12.4. The summed E-state index contributed by atoms with van der Waals surface area (Å²) in [7, 11) is 3.13. The van der Waals surface area contributed by atoms with Gasteiger partial charge < -0.3 is 14.8 Å². The van der Waals surface area contributed by atoms with Crippen LogP contribution >= 0.6 is 11.6 Å². The Hall–Kier alpha value is -3.84. The fourth-order valence-electron chi connectivity index (χ4n) is 3.75. The molecule has 2 N–H and O–H groups in total. The number of amides is 2. The molecule has 0 radical (unpaired) electrons. The number of ether oxygens (including phenoxy) is 2. The van der Waals surface area contributed by atoms with Gasteiger partial charge in [0.25, 0.3) is 5.91 Å². The zero-order chi connectivity index (χ0) is 23.4. The molecule has 2 atom stereocenters. The minimum Gasteiger partial charge on any atom is -0.493 e. The highest BCUT2D eigenvalue weighted by Crippen LogP contribution is 2.29. The molecule has 2 amide bonds. The van der Waals surface area contributed by atoms with Crippen LogP contribution in [-0.2, 0) is 4.79 Å². The zero-order valence-corrected chi connectivity index (χ0v) is 18.9. The van der Waals surface area contributed by atoms with Crippen LogP contribution in [0.2, 0.25) is 5.02 Å². The molecular weight excluding hydrogens is 442 g/mol. The Bertz CT molecular complexity index is 1200. The molecule has 1 heterocycles. The molecule has 1 aliphatic heterocycles. The van der Waals surface area contributed by atoms with Gasteiger partial charge in [-0.2, -0.15) is 0 Å². The third kappa shape index (κ3) is 4.83. The van der Waals surface area contributed by atoms with Crippen molar-refractivity contribution >= 4 is 29.6 Å². The summed E-state index contributed by atoms with van der Waals surface area (Å²) in [5.74, 6) is 0.497. The molecule has 1 saturated heterocycles. The van der Waals surface area contributed by atoms with E-state index in [-0.39, 0.29) is 11.8 Å². The van der Waals surface area contributed by atoms with Crippen LogP contribution in [0.3, 0.4) is 0 Å². The molecule has 0 spiro atoms. The molecule has 0 unspecified atom stereocenters. The molecule has 8 heteroatoms. The molecule has 0 saturated carbocycles. The minimum absolute atomic E-state index is 0.317. The van der Waals surface area contributed by atoms with Gasteiger partial charge in [0.15, 0.2) is 17.5 Å². The van der Waals surface area contributed by atoms with Gasteiger partial charge in [0.1, 0.15) is 0 Å². The van der Waals surface area contributed by atoms with Crippen LogP contribution in [0.4, 0.5) is 0 Å². The first kappa shape index (κ1) is 22.4. The lowest BCUT2D eigenvalue weighted by Crippen LogP contribution is -2.42. The van der Waals surface area contributed by atoms with Crippen LogP contribution in [0.5, 0.6) is 11.5 Å². The largest absolute Gasteiger partial charge is 0.493 e. The van der Waals surface area contributed by atoms with Crippen molar-refractivity contribution in [1.82, 2.24) is 10.7 Å². The van der Waals surface area contributed by atoms with Gasteiger partial charge in [0.05, 0.1) is 14.2 Å². The second-order valence-electron chi connectivity index (χ2n) is 7.44. The average molecular weight is 465 g/mol. The van der Waals surface area contributed by atoms with E-state index < -0.39 is 12.1 Å². The lowest BCUT2D eigenvalue weighted by Gasteiger charge is -2.15. The van der Waals surface area contributed by atoms with Gasteiger partial charge in [-0.1, -0.05) is 41.9 Å². The van der Waals surface area contributed by atoms with E-state index in [0.717, 1.165) is 11.1 Å². The molecule has 0 aliphatic carbocycles. The average Bonchev–Trinajstić information content (AvgIpc) is 3.14. The van der Waals surface area contributed by atoms with Crippen molar-refractivity contribution in [3.63, 3.8) is 0 Å². The number of hydrogen-bond acceptors (Lipinski definition) is 4. The van der Waals surface area contributed by atoms with Gasteiger partial charge in [-0.3, -0.25) is 9.59 Å². The number of carbonyl (C=O) groups is 2. The second kappa shape index (κ2) is 9.75. The molecule has 1 fully saturated rings. The number of methoxy groups -OCH3 is 2. The fourth-order valence-corrected chi connectivity index (χ4v) is 3.88. The number of carbonyl (C=O) groups excluding carboxylic acids is 2. The van der Waals surface area contributed by atoms with Gasteiger partial charge >= 0.3 is 5.91 Å². The fraction of sp³-hybridized carbons (Fsp3) is 0.160. The molecule has 7 nitrogen and oxygen atoms in total. The number of hydrogen-bond donors (Lipinski definition) is 2. The van der Waals surface area contributed by atoms with Gasteiger partial charge in [-0.15, -0.1) is 10.1 Å². The van der Waals surface area contributed by atoms with Crippen LogP contribution < -0.4 is 20.2 Å². The summed E-state index contributed by atoms with van der Waals surface area (Å²) in [5.41, 5.74) is 4.94. The number of benzene rings is 3. The summed E-state index contributed by atoms with van der Waals surface area (Å²) >= 11 is 5.93. The Labute approximate surface area is 196 Å². The number of hydrazone groups is 1. The van der Waals surface area contributed by atoms with Gasteiger partial charge in [0.2, 0.25) is 12.3 Å². The predicted octanol–water partition coefficient (Wildman–Crippen LogP) is 3.37. The van der Waals surface area contributed by atoms with E-state index in [4.69, 9.17) is 21.1 Å². The Kier molecular flexibility index (Phi) is 6.60. The molecule has 33 heavy (non-hydrogen) atoms. The first-order chi connectivity index (χ1) is 16.0. The van der Waals surface area contributed by atoms with E-state index in [9.17, 15) is 9.59 Å². The van der Waals surface area contributed by atoms with Crippen molar-refractivity contribution in [2.45, 2.75) is 12.1 Å². The third-order valence-electron chi connectivity index (χ3n) is 5.37. The molecule has 3 aromatic carbocycles. The van der Waals surface area contributed by atoms with Crippen molar-refractivity contribution < 1.29 is 23.7 Å². The van der Waals surface area contributed by atoms with E-state index in [1.165, 1.54) is 0 Å². The van der Waals surface area contributed by atoms with Gasteiger partial charge in [-0.25, -0.2) is 0 Å². The number of rotatable bonds is 6. The molecule has 168 valence electrons. The van der Waals surface area contributed by atoms with E-state index in [1.807, 2.05) is 42.5 Å². The molecular formula is C25H23ClN3O4+. The Morgan fingerprint density at radius 1 is 1.00 bits per heavy atom. The standard InChI is InChI=1S/C25H22ClN3O4/c1-32-20-13-8-16(14-21(20)33-2)15-29-23(17-6-4-3-5-7-17)22(25(31)28-29)27-24(30)18-9-11-19(26)12-10-18/h3-15,22-23H,1-2H3,(H-,27,28,30,31)/p+1/b29-15-/t22-,23+/m1/s1. The minimum atomic E-state index is -0.813. The first-order valence-corrected chi connectivity index (χ1v) is 10.6. The molecule has 4 rings (SSSR count). The maximum atomic E-state index is 12.9. The second-order valence-corrected chi connectivity index (χ2v) is 7.88. The van der Waals surface area contributed by atoms with Crippen molar-refractivity contribution in [3.8, 4) is 11.5 Å². The predicted molar refractivity (Wildman–Crippen MR) is 125 cm³/mol. The summed E-state index contributed by atoms with van der Waals surface area (Å²) in [5, 5.41) is 3.40. The van der Waals surface area contributed by atoms with Crippen LogP contribution in [0.15, 0.2) is 72.8 Å². The third-order valence-corrected chi connectivity index (χ3v) is 5.62. The van der Waals surface area contributed by atoms with E-state index in [1.54, 1.807) is 55.5 Å². The monoisotopic (exact) mass is 464 g/mol. The lowest BCUT2D eigenvalue weighted by molar-refractivity contribution is -0.596. The molecule has 3 aromatic rings. The number of nitrogens with zero attached hydrogens (tertiary/aromatic N) is 1. The summed E-state index contributed by atoms with van der Waals surface area (Å²) in [6.45, 7) is 0. The highest BCUT2D eigenvalue weighted by atomic mass is 35.5. The van der Waals surface area contributed by atoms with Crippen molar-refractivity contribution in [1.29, 1.82) is 0 Å². The number of halogens is 1. The van der Waals surface area contributed by atoms with E-state index in [2.05, 4.69) is 10.7 Å². The van der Waals surface area contributed by atoms with Crippen LogP contribution in [0.1, 0.15) is 27.5 Å². The summed E-state index contributed by atoms with van der Waals surface area (Å²) in [6, 6.07) is 20.2. The SMILES string of the molecule is COc1ccc(/C=[N+]2\NC(=O)[C@H](NC(=O)c3ccc(Cl)cc3)[C@@H]2c2ccccc2)cc1OC. The van der Waals surface area contributed by atoms with E-state index in [0.29, 0.717) is 22.1 Å². The van der Waals surface area contributed by atoms with Crippen molar-refractivity contribution in [2.75, 3.05) is 14.2 Å². The van der Waals surface area contributed by atoms with Crippen LogP contribution in [0.25, 0.3) is 0 Å². The number of nitrogens with one attached hydrogen (secondary N) is 2. The quantitative estimate of drug-likeness (QED) is 0.548. The Balaban J connectivity index is 1.69. The maximum Gasteiger partial charge on any atom is 0.304 e. The molecule has 0 aromatic heterocycles. The van der Waals surface area contributed by atoms with Crippen LogP contribution in [0, 0.1) is 0 Å². The van der Waals surface area contributed by atoms with Crippen molar-refractivity contribution in [2.24, 2.45) is 0 Å². The Morgan fingerprint density at radius 2 is 1.70 bits per heavy atom. The highest BCUT2D eigenvalue weighted by Gasteiger charge is 2.47. The van der Waals surface area contributed by atoms with Gasteiger partial charge in [0, 0.05) is 21.7 Å². The van der Waals surface area contributed by atoms with E-state index >= 15 is 0 Å². The maximum absolute atomic E-state index is 12.9. The first-order valence-electron chi connectivity index (χ1n) is 10.3. The summed E-state index contributed by atoms with van der Waals surface area (Å²) in [4.78, 5) is 25.8. The van der Waals surface area contributed by atoms with Crippen molar-refractivity contribution in [3.05, 3.63) is 94.5 Å². The Morgan fingerprint density at radius 3 is 2.36 bits per heavy atom. The highest BCUT2D eigenvalue weighted by molar-refractivity contribution is 6.30. The molecule has 1 aliphatic rings. The van der Waals surface area contributed by atoms with Gasteiger partial charge in [-0.05, 0) is 42.5 Å². The smallest absolute Gasteiger partial charge is 0.304 e. The van der Waals surface area contributed by atoms with Crippen LogP contribution in [-0.4, -0.2) is 43.0 Å². The summed E-state index contributed by atoms with van der Waals surface area (Å²) in [6.07, 6.45) is 1.80. The zero-order valence-electron chi connectivity index (χ0n) is 18.1.